The van der Waals surface area contributed by atoms with Gasteiger partial charge in [-0.25, -0.2) is 0 Å². The van der Waals surface area contributed by atoms with E-state index in [1.165, 1.54) is 6.92 Å². The zero-order valence-electron chi connectivity index (χ0n) is 25.3. The highest BCUT2D eigenvalue weighted by atomic mass is 28.6. The van der Waals surface area contributed by atoms with E-state index in [0.717, 1.165) is 0 Å². The van der Waals surface area contributed by atoms with Crippen LogP contribution in [-0.2, 0) is 59.2 Å². The van der Waals surface area contributed by atoms with Crippen molar-refractivity contribution < 1.29 is 59.2 Å². The van der Waals surface area contributed by atoms with Crippen molar-refractivity contribution in [2.75, 3.05) is 12.8 Å². The molecular weight excluding hydrogens is 677 g/mol. The highest BCUT2D eigenvalue weighted by Gasteiger charge is 2.79. The van der Waals surface area contributed by atoms with Crippen LogP contribution in [0.4, 0.5) is 0 Å². The lowest BCUT2D eigenvalue weighted by atomic mass is 10.8. The molecule has 6 rings (SSSR count). The molecule has 0 aliphatic carbocycles. The number of carbonyl (C=O) groups excluding carboxylic acids is 1. The maximum atomic E-state index is 11.8. The van der Waals surface area contributed by atoms with Gasteiger partial charge in [-0.05, 0) is 0 Å². The summed E-state index contributed by atoms with van der Waals surface area (Å²) in [6.45, 7) is 15.2. The lowest BCUT2D eigenvalue weighted by Gasteiger charge is -2.59. The minimum atomic E-state index is -3.71. The van der Waals surface area contributed by atoms with Crippen LogP contribution in [0, 0.1) is 0 Å². The quantitative estimate of drug-likeness (QED) is 0.240. The molecule has 4 atom stereocenters. The van der Waals surface area contributed by atoms with E-state index in [9.17, 15) is 4.79 Å². The summed E-state index contributed by atoms with van der Waals surface area (Å²) in [6.07, 6.45) is 0.0392. The molecular formula is C19H44O14Si8. The second-order valence-electron chi connectivity index (χ2n) is 10.7. The van der Waals surface area contributed by atoms with E-state index < -0.39 is 76.2 Å². The fraction of sp³-hybridized carbons (Fsp3) is 0.947. The summed E-state index contributed by atoms with van der Waals surface area (Å²) in [6, 6.07) is 3.08. The van der Waals surface area contributed by atoms with E-state index in [1.54, 1.807) is 0 Å². The van der Waals surface area contributed by atoms with Gasteiger partial charge in [0.2, 0.25) is 0 Å². The Bertz CT molecular complexity index is 969. The molecule has 0 aromatic heterocycles. The minimum absolute atomic E-state index is 0.0392. The van der Waals surface area contributed by atoms with E-state index in [1.807, 2.05) is 48.5 Å². The predicted molar refractivity (Wildman–Crippen MR) is 159 cm³/mol. The third kappa shape index (κ3) is 5.90. The monoisotopic (exact) mass is 720 g/mol. The standard InChI is InChI=1S/C19H44O14Si8/c1-9-35-22-18-34(17-16-21-19(8)20)23-36(10-2)27-38(12-4,25-35)31-41(15-7)32-39(13-5,26-35)28-37(11-3,24-34)30-40(14-6,29-36)33-41/h9-18H2,1-8H3. The van der Waals surface area contributed by atoms with Crippen molar-refractivity contribution in [3.63, 3.8) is 0 Å². The van der Waals surface area contributed by atoms with E-state index in [2.05, 4.69) is 0 Å². The molecule has 0 aromatic rings. The first-order chi connectivity index (χ1) is 19.3. The number of rotatable bonds is 10. The van der Waals surface area contributed by atoms with Gasteiger partial charge in [0.05, 0.1) is 12.8 Å². The molecule has 0 aromatic carbocycles. The minimum Gasteiger partial charge on any atom is -0.466 e. The largest absolute Gasteiger partial charge is 0.485 e. The Morgan fingerprint density at radius 2 is 0.805 bits per heavy atom. The summed E-state index contributed by atoms with van der Waals surface area (Å²) in [5.41, 5.74) is 0. The average Bonchev–Trinajstić information content (AvgIpc) is 3.00. The Balaban J connectivity index is 1.83. The average molecular weight is 721 g/mol. The maximum absolute atomic E-state index is 11.8. The lowest BCUT2D eigenvalue weighted by molar-refractivity contribution is -0.140. The summed E-state index contributed by atoms with van der Waals surface area (Å²) >= 11 is 0. The van der Waals surface area contributed by atoms with Crippen LogP contribution in [0.5, 0.6) is 0 Å². The van der Waals surface area contributed by atoms with Crippen LogP contribution in [-0.4, -0.2) is 89.0 Å². The molecule has 236 valence electrons. The second kappa shape index (κ2) is 11.5. The fourth-order valence-corrected chi connectivity index (χ4v) is 53.8. The highest BCUT2D eigenvalue weighted by molar-refractivity contribution is 7.01. The SMILES string of the molecule is CC[Si]12OC[Si]3(CCOC(C)=O)O[Si]4(CC)O[Si](CC)(O1)O[Si]1(CC)O[Si](CC)(O2)O[Si](CC)(O3)O[Si](CC)(O4)O1. The Labute approximate surface area is 251 Å². The van der Waals surface area contributed by atoms with Gasteiger partial charge in [-0.3, -0.25) is 4.79 Å². The predicted octanol–water partition coefficient (Wildman–Crippen LogP) is 3.51. The van der Waals surface area contributed by atoms with Crippen molar-refractivity contribution in [2.24, 2.45) is 0 Å². The molecule has 22 heteroatoms. The van der Waals surface area contributed by atoms with Gasteiger partial charge in [-0.2, -0.15) is 0 Å². The molecule has 6 saturated heterocycles. The van der Waals surface area contributed by atoms with E-state index >= 15 is 0 Å². The van der Waals surface area contributed by atoms with Crippen molar-refractivity contribution >= 4 is 76.2 Å². The molecule has 6 aliphatic rings. The van der Waals surface area contributed by atoms with Gasteiger partial charge >= 0.3 is 76.2 Å². The summed E-state index contributed by atoms with van der Waals surface area (Å²) in [4.78, 5) is 11.8. The number of ether oxygens (including phenoxy) is 1. The third-order valence-corrected chi connectivity index (χ3v) is 44.2. The van der Waals surface area contributed by atoms with E-state index in [0.29, 0.717) is 42.3 Å². The summed E-state index contributed by atoms with van der Waals surface area (Å²) in [5.74, 6) is -0.399. The van der Waals surface area contributed by atoms with E-state index in [-0.39, 0.29) is 18.9 Å². The van der Waals surface area contributed by atoms with Crippen LogP contribution in [0.15, 0.2) is 0 Å². The van der Waals surface area contributed by atoms with Gasteiger partial charge in [-0.1, -0.05) is 48.5 Å². The summed E-state index contributed by atoms with van der Waals surface area (Å²) in [7, 11) is -29.2. The Morgan fingerprint density at radius 1 is 0.512 bits per heavy atom. The number of esters is 1. The first-order valence-corrected chi connectivity index (χ1v) is 30.6. The molecule has 4 unspecified atom stereocenters. The first kappa shape index (κ1) is 33.1. The third-order valence-electron chi connectivity index (χ3n) is 7.81. The van der Waals surface area contributed by atoms with Gasteiger partial charge in [0, 0.05) is 55.3 Å². The molecule has 6 fully saturated rings. The smallest absolute Gasteiger partial charge is 0.466 e. The molecule has 0 amide bonds. The molecule has 14 nitrogen and oxygen atoms in total. The zero-order valence-corrected chi connectivity index (χ0v) is 33.3. The summed E-state index contributed by atoms with van der Waals surface area (Å²) in [5, 5.41) is 0. The molecule has 0 spiro atoms. The van der Waals surface area contributed by atoms with Crippen molar-refractivity contribution in [3.8, 4) is 0 Å². The molecule has 0 saturated carbocycles. The topological polar surface area (TPSA) is 137 Å². The van der Waals surface area contributed by atoms with Gasteiger partial charge < -0.3 is 54.4 Å². The Kier molecular flexibility index (Phi) is 9.29. The molecule has 0 N–H and O–H groups in total. The first-order valence-electron chi connectivity index (χ1n) is 14.8. The van der Waals surface area contributed by atoms with Gasteiger partial charge in [0.25, 0.3) is 0 Å². The van der Waals surface area contributed by atoms with Crippen LogP contribution in [0.3, 0.4) is 0 Å². The molecule has 6 heterocycles. The van der Waals surface area contributed by atoms with Gasteiger partial charge in [0.1, 0.15) is 0 Å². The Hall–Kier alpha value is 0.725. The highest BCUT2D eigenvalue weighted by Crippen LogP contribution is 2.51. The number of hydrogen-bond acceptors (Lipinski definition) is 14. The van der Waals surface area contributed by atoms with Gasteiger partial charge in [-0.15, -0.1) is 0 Å². The molecule has 6 aliphatic heterocycles. The van der Waals surface area contributed by atoms with Crippen molar-refractivity contribution in [3.05, 3.63) is 0 Å². The maximum Gasteiger partial charge on any atom is 0.485 e. The number of carbonyl (C=O) groups is 1. The zero-order chi connectivity index (χ0) is 29.8. The van der Waals surface area contributed by atoms with Gasteiger partial charge in [0.15, 0.2) is 0 Å². The van der Waals surface area contributed by atoms with Crippen LogP contribution in [0.2, 0.25) is 48.4 Å². The van der Waals surface area contributed by atoms with E-state index in [4.69, 9.17) is 54.4 Å². The number of hydrogen-bond donors (Lipinski definition) is 0. The molecule has 8 bridgehead atoms. The Morgan fingerprint density at radius 3 is 1.10 bits per heavy atom. The van der Waals surface area contributed by atoms with Crippen LogP contribution in [0.25, 0.3) is 0 Å². The van der Waals surface area contributed by atoms with Crippen LogP contribution in [0.1, 0.15) is 55.4 Å². The van der Waals surface area contributed by atoms with Crippen LogP contribution >= 0.6 is 0 Å². The molecule has 41 heavy (non-hydrogen) atoms. The number of fused-ring (bicyclic) bond motifs is 1. The lowest BCUT2D eigenvalue weighted by Crippen LogP contribution is -2.84. The van der Waals surface area contributed by atoms with Crippen molar-refractivity contribution in [2.45, 2.75) is 104 Å². The second-order valence-corrected chi connectivity index (χ2v) is 37.1. The fourth-order valence-electron chi connectivity index (χ4n) is 5.52. The normalized spacial score (nSPS) is 49.0. The van der Waals surface area contributed by atoms with Crippen molar-refractivity contribution in [1.29, 1.82) is 0 Å². The van der Waals surface area contributed by atoms with Crippen LogP contribution < -0.4 is 0 Å². The summed E-state index contributed by atoms with van der Waals surface area (Å²) < 4.78 is 90.3. The van der Waals surface area contributed by atoms with Crippen molar-refractivity contribution in [1.82, 2.24) is 0 Å². The molecule has 0 radical (unpaired) electrons.